The molecule has 1 amide bonds. The van der Waals surface area contributed by atoms with E-state index in [1.54, 1.807) is 19.2 Å². The minimum Gasteiger partial charge on any atom is -0.496 e. The van der Waals surface area contributed by atoms with Crippen LogP contribution in [-0.2, 0) is 0 Å². The van der Waals surface area contributed by atoms with E-state index in [1.165, 1.54) is 0 Å². The number of carbonyl (C=O) groups excluding carboxylic acids is 1. The van der Waals surface area contributed by atoms with Gasteiger partial charge in [0, 0.05) is 0 Å². The van der Waals surface area contributed by atoms with Gasteiger partial charge in [0.15, 0.2) is 0 Å². The van der Waals surface area contributed by atoms with E-state index in [9.17, 15) is 4.79 Å². The molecule has 1 atom stereocenters. The molecular weight excluding hydrogens is 242 g/mol. The van der Waals surface area contributed by atoms with Gasteiger partial charge >= 0.3 is 0 Å². The van der Waals surface area contributed by atoms with Crippen LogP contribution >= 0.6 is 0 Å². The standard InChI is InChI=1S/C15H13NO3/c1-18-12-8-4-3-7-11(12)15-16-14(17)10-6-2-5-9-13(10)19-15/h2-9,15H,1H3,(H,16,17)/t15-/m1/s1. The monoisotopic (exact) mass is 255 g/mol. The van der Waals surface area contributed by atoms with Crippen LogP contribution in [0.4, 0.5) is 0 Å². The highest BCUT2D eigenvalue weighted by Crippen LogP contribution is 2.32. The minimum atomic E-state index is -0.529. The molecule has 1 N–H and O–H groups in total. The van der Waals surface area contributed by atoms with Crippen molar-refractivity contribution in [2.24, 2.45) is 0 Å². The Morgan fingerprint density at radius 1 is 1.11 bits per heavy atom. The fourth-order valence-electron chi connectivity index (χ4n) is 2.13. The fraction of sp³-hybridized carbons (Fsp3) is 0.133. The Hall–Kier alpha value is -2.49. The summed E-state index contributed by atoms with van der Waals surface area (Å²) in [6.45, 7) is 0. The maximum absolute atomic E-state index is 12.0. The molecule has 19 heavy (non-hydrogen) atoms. The molecule has 96 valence electrons. The largest absolute Gasteiger partial charge is 0.496 e. The van der Waals surface area contributed by atoms with Crippen molar-refractivity contribution in [3.05, 3.63) is 59.7 Å². The first-order chi connectivity index (χ1) is 9.29. The number of fused-ring (bicyclic) bond motifs is 1. The number of para-hydroxylation sites is 2. The molecule has 4 heteroatoms. The van der Waals surface area contributed by atoms with Crippen LogP contribution in [0, 0.1) is 0 Å². The van der Waals surface area contributed by atoms with Crippen molar-refractivity contribution in [3.8, 4) is 11.5 Å². The van der Waals surface area contributed by atoms with Gasteiger partial charge in [-0.15, -0.1) is 0 Å². The first-order valence-electron chi connectivity index (χ1n) is 5.99. The molecule has 0 radical (unpaired) electrons. The normalized spacial score (nSPS) is 17.1. The average Bonchev–Trinajstić information content (AvgIpc) is 2.47. The summed E-state index contributed by atoms with van der Waals surface area (Å²) in [6.07, 6.45) is -0.529. The SMILES string of the molecule is COc1ccccc1[C@@H]1NC(=O)c2ccccc2O1. The van der Waals surface area contributed by atoms with Crippen LogP contribution < -0.4 is 14.8 Å². The Morgan fingerprint density at radius 3 is 2.68 bits per heavy atom. The summed E-state index contributed by atoms with van der Waals surface area (Å²) in [4.78, 5) is 12.0. The van der Waals surface area contributed by atoms with E-state index in [2.05, 4.69) is 5.32 Å². The molecule has 0 saturated heterocycles. The topological polar surface area (TPSA) is 47.6 Å². The number of nitrogens with one attached hydrogen (secondary N) is 1. The third kappa shape index (κ3) is 2.01. The molecule has 0 bridgehead atoms. The van der Waals surface area contributed by atoms with Crippen molar-refractivity contribution >= 4 is 5.91 Å². The maximum Gasteiger partial charge on any atom is 0.258 e. The van der Waals surface area contributed by atoms with Crippen molar-refractivity contribution in [2.45, 2.75) is 6.23 Å². The Bertz CT molecular complexity index is 624. The Morgan fingerprint density at radius 2 is 1.84 bits per heavy atom. The average molecular weight is 255 g/mol. The molecule has 0 spiro atoms. The molecular formula is C15H13NO3. The summed E-state index contributed by atoms with van der Waals surface area (Å²) in [5, 5.41) is 2.82. The van der Waals surface area contributed by atoms with E-state index in [4.69, 9.17) is 9.47 Å². The van der Waals surface area contributed by atoms with E-state index in [-0.39, 0.29) is 5.91 Å². The number of ether oxygens (including phenoxy) is 2. The summed E-state index contributed by atoms with van der Waals surface area (Å²) in [5.74, 6) is 1.13. The zero-order valence-corrected chi connectivity index (χ0v) is 10.4. The highest BCUT2D eigenvalue weighted by molar-refractivity contribution is 5.98. The highest BCUT2D eigenvalue weighted by Gasteiger charge is 2.27. The lowest BCUT2D eigenvalue weighted by molar-refractivity contribution is 0.0751. The third-order valence-electron chi connectivity index (χ3n) is 3.06. The molecule has 3 rings (SSSR count). The molecule has 2 aromatic rings. The van der Waals surface area contributed by atoms with Gasteiger partial charge in [-0.25, -0.2) is 0 Å². The quantitative estimate of drug-likeness (QED) is 0.897. The molecule has 4 nitrogen and oxygen atoms in total. The smallest absolute Gasteiger partial charge is 0.258 e. The van der Waals surface area contributed by atoms with E-state index in [0.717, 1.165) is 5.56 Å². The Kier molecular flexibility index (Phi) is 2.83. The second-order valence-electron chi connectivity index (χ2n) is 4.21. The van der Waals surface area contributed by atoms with Crippen LogP contribution in [0.5, 0.6) is 11.5 Å². The predicted octanol–water partition coefficient (Wildman–Crippen LogP) is 2.52. The summed E-state index contributed by atoms with van der Waals surface area (Å²) in [7, 11) is 1.59. The van der Waals surface area contributed by atoms with Crippen LogP contribution in [0.3, 0.4) is 0 Å². The number of carbonyl (C=O) groups is 1. The summed E-state index contributed by atoms with van der Waals surface area (Å²) >= 11 is 0. The number of methoxy groups -OCH3 is 1. The van der Waals surface area contributed by atoms with E-state index < -0.39 is 6.23 Å². The highest BCUT2D eigenvalue weighted by atomic mass is 16.5. The third-order valence-corrected chi connectivity index (χ3v) is 3.06. The van der Waals surface area contributed by atoms with Crippen LogP contribution in [0.25, 0.3) is 0 Å². The second kappa shape index (κ2) is 4.65. The fourth-order valence-corrected chi connectivity index (χ4v) is 2.13. The van der Waals surface area contributed by atoms with Gasteiger partial charge in [-0.2, -0.15) is 0 Å². The lowest BCUT2D eigenvalue weighted by Crippen LogP contribution is -2.36. The molecule has 2 aromatic carbocycles. The van der Waals surface area contributed by atoms with Crippen molar-refractivity contribution in [1.82, 2.24) is 5.32 Å². The van der Waals surface area contributed by atoms with Crippen LogP contribution in [0.1, 0.15) is 22.1 Å². The van der Waals surface area contributed by atoms with Gasteiger partial charge < -0.3 is 14.8 Å². The van der Waals surface area contributed by atoms with E-state index in [0.29, 0.717) is 17.1 Å². The second-order valence-corrected chi connectivity index (χ2v) is 4.21. The predicted molar refractivity (Wildman–Crippen MR) is 70.3 cm³/mol. The van der Waals surface area contributed by atoms with Gasteiger partial charge in [0.2, 0.25) is 6.23 Å². The lowest BCUT2D eigenvalue weighted by atomic mass is 10.1. The van der Waals surface area contributed by atoms with Crippen LogP contribution in [0.2, 0.25) is 0 Å². The first kappa shape index (κ1) is 11.6. The summed E-state index contributed by atoms with van der Waals surface area (Å²) < 4.78 is 11.1. The minimum absolute atomic E-state index is 0.141. The Labute approximate surface area is 111 Å². The molecule has 1 heterocycles. The Balaban J connectivity index is 1.99. The van der Waals surface area contributed by atoms with Gasteiger partial charge in [-0.1, -0.05) is 24.3 Å². The van der Waals surface area contributed by atoms with Crippen molar-refractivity contribution in [1.29, 1.82) is 0 Å². The molecule has 0 saturated carbocycles. The van der Waals surface area contributed by atoms with Crippen LogP contribution in [0.15, 0.2) is 48.5 Å². The zero-order valence-electron chi connectivity index (χ0n) is 10.4. The number of amides is 1. The van der Waals surface area contributed by atoms with Gasteiger partial charge in [0.25, 0.3) is 5.91 Å². The van der Waals surface area contributed by atoms with Crippen LogP contribution in [-0.4, -0.2) is 13.0 Å². The summed E-state index contributed by atoms with van der Waals surface area (Å²) in [6, 6.07) is 14.7. The maximum atomic E-state index is 12.0. The van der Waals surface area contributed by atoms with Gasteiger partial charge in [-0.05, 0) is 24.3 Å². The lowest BCUT2D eigenvalue weighted by Gasteiger charge is -2.27. The molecule has 1 aliphatic rings. The van der Waals surface area contributed by atoms with E-state index in [1.807, 2.05) is 36.4 Å². The van der Waals surface area contributed by atoms with Crippen molar-refractivity contribution < 1.29 is 14.3 Å². The zero-order chi connectivity index (χ0) is 13.2. The van der Waals surface area contributed by atoms with Gasteiger partial charge in [0.05, 0.1) is 18.2 Å². The molecule has 0 fully saturated rings. The van der Waals surface area contributed by atoms with Gasteiger partial charge in [0.1, 0.15) is 11.5 Å². The van der Waals surface area contributed by atoms with Gasteiger partial charge in [-0.3, -0.25) is 4.79 Å². The first-order valence-corrected chi connectivity index (χ1v) is 5.99. The summed E-state index contributed by atoms with van der Waals surface area (Å²) in [5.41, 5.74) is 1.35. The van der Waals surface area contributed by atoms with Crippen molar-refractivity contribution in [3.63, 3.8) is 0 Å². The van der Waals surface area contributed by atoms with E-state index >= 15 is 0 Å². The number of rotatable bonds is 2. The molecule has 0 unspecified atom stereocenters. The molecule has 0 aliphatic carbocycles. The number of hydrogen-bond donors (Lipinski definition) is 1. The number of benzene rings is 2. The number of hydrogen-bond acceptors (Lipinski definition) is 3. The molecule has 1 aliphatic heterocycles. The van der Waals surface area contributed by atoms with Crippen molar-refractivity contribution in [2.75, 3.05) is 7.11 Å². The molecule has 0 aromatic heterocycles.